The van der Waals surface area contributed by atoms with Gasteiger partial charge in [-0.05, 0) is 61.3 Å². The third-order valence-electron chi connectivity index (χ3n) is 5.11. The topological polar surface area (TPSA) is 89.5 Å². The second-order valence-electron chi connectivity index (χ2n) is 7.23. The molecular formula is C20H24FNO5S2. The molecule has 0 spiro atoms. The van der Waals surface area contributed by atoms with Crippen molar-refractivity contribution >= 4 is 19.7 Å². The Balaban J connectivity index is 1.77. The SMILES string of the molecule is COc1cccc(CCN[C@H]2CS(=O)(=O)C[C@@H]2S(=O)(=O)c2ccc(F)c(C)c2)c1. The molecule has 1 fully saturated rings. The molecule has 9 heteroatoms. The molecule has 2 aromatic carbocycles. The van der Waals surface area contributed by atoms with Crippen molar-refractivity contribution in [2.45, 2.75) is 29.5 Å². The first-order valence-electron chi connectivity index (χ1n) is 9.19. The van der Waals surface area contributed by atoms with E-state index in [1.165, 1.54) is 19.1 Å². The van der Waals surface area contributed by atoms with Gasteiger partial charge >= 0.3 is 0 Å². The monoisotopic (exact) mass is 441 g/mol. The van der Waals surface area contributed by atoms with Gasteiger partial charge in [0, 0.05) is 6.04 Å². The van der Waals surface area contributed by atoms with Gasteiger partial charge in [0.05, 0.1) is 28.8 Å². The predicted octanol–water partition coefficient (Wildman–Crippen LogP) is 1.91. The summed E-state index contributed by atoms with van der Waals surface area (Å²) in [5.41, 5.74) is 1.20. The first-order valence-corrected chi connectivity index (χ1v) is 12.6. The zero-order valence-corrected chi connectivity index (χ0v) is 17.9. The highest BCUT2D eigenvalue weighted by Crippen LogP contribution is 2.27. The van der Waals surface area contributed by atoms with Gasteiger partial charge < -0.3 is 10.1 Å². The van der Waals surface area contributed by atoms with Crippen LogP contribution in [0.15, 0.2) is 47.4 Å². The normalized spacial score (nSPS) is 21.2. The van der Waals surface area contributed by atoms with Gasteiger partial charge in [-0.15, -0.1) is 0 Å². The molecule has 3 rings (SSSR count). The summed E-state index contributed by atoms with van der Waals surface area (Å²) in [6.07, 6.45) is 0.593. The summed E-state index contributed by atoms with van der Waals surface area (Å²) in [7, 11) is -5.85. The lowest BCUT2D eigenvalue weighted by molar-refractivity contribution is 0.414. The molecular weight excluding hydrogens is 417 g/mol. The number of aryl methyl sites for hydroxylation is 1. The van der Waals surface area contributed by atoms with E-state index in [9.17, 15) is 21.2 Å². The number of hydrogen-bond acceptors (Lipinski definition) is 6. The smallest absolute Gasteiger partial charge is 0.183 e. The summed E-state index contributed by atoms with van der Waals surface area (Å²) in [6, 6.07) is 10.3. The van der Waals surface area contributed by atoms with E-state index in [0.717, 1.165) is 17.4 Å². The van der Waals surface area contributed by atoms with Crippen molar-refractivity contribution in [3.63, 3.8) is 0 Å². The number of rotatable bonds is 7. The predicted molar refractivity (Wildman–Crippen MR) is 109 cm³/mol. The number of ether oxygens (including phenoxy) is 1. The molecule has 1 aliphatic rings. The van der Waals surface area contributed by atoms with E-state index in [4.69, 9.17) is 4.74 Å². The van der Waals surface area contributed by atoms with E-state index >= 15 is 0 Å². The molecule has 0 saturated carbocycles. The Kier molecular flexibility index (Phi) is 6.30. The largest absolute Gasteiger partial charge is 0.497 e. The summed E-state index contributed by atoms with van der Waals surface area (Å²) in [4.78, 5) is -0.0573. The average molecular weight is 442 g/mol. The molecule has 1 aliphatic heterocycles. The van der Waals surface area contributed by atoms with Crippen LogP contribution >= 0.6 is 0 Å². The second-order valence-corrected chi connectivity index (χ2v) is 11.6. The average Bonchev–Trinajstić information content (AvgIpc) is 2.99. The van der Waals surface area contributed by atoms with Crippen molar-refractivity contribution < 1.29 is 26.0 Å². The van der Waals surface area contributed by atoms with Crippen LogP contribution in [0.1, 0.15) is 11.1 Å². The molecule has 0 unspecified atom stereocenters. The molecule has 0 bridgehead atoms. The molecule has 0 radical (unpaired) electrons. The van der Waals surface area contributed by atoms with Gasteiger partial charge in [-0.2, -0.15) is 0 Å². The molecule has 29 heavy (non-hydrogen) atoms. The fourth-order valence-corrected chi connectivity index (χ4v) is 8.31. The quantitative estimate of drug-likeness (QED) is 0.661. The van der Waals surface area contributed by atoms with Crippen LogP contribution in [0.3, 0.4) is 0 Å². The highest BCUT2D eigenvalue weighted by Gasteiger charge is 2.45. The van der Waals surface area contributed by atoms with Crippen molar-refractivity contribution in [3.05, 3.63) is 59.4 Å². The Morgan fingerprint density at radius 2 is 1.93 bits per heavy atom. The number of sulfone groups is 2. The maximum absolute atomic E-state index is 13.5. The lowest BCUT2D eigenvalue weighted by atomic mass is 10.1. The molecule has 0 amide bonds. The molecule has 2 aromatic rings. The number of hydrogen-bond donors (Lipinski definition) is 1. The number of nitrogens with one attached hydrogen (secondary N) is 1. The lowest BCUT2D eigenvalue weighted by Gasteiger charge is -2.20. The summed E-state index contributed by atoms with van der Waals surface area (Å²) >= 11 is 0. The Bertz CT molecular complexity index is 1100. The number of benzene rings is 2. The van der Waals surface area contributed by atoms with E-state index in [-0.39, 0.29) is 16.2 Å². The molecule has 0 aromatic heterocycles. The fraction of sp³-hybridized carbons (Fsp3) is 0.400. The Hall–Kier alpha value is -1.97. The van der Waals surface area contributed by atoms with E-state index in [0.29, 0.717) is 13.0 Å². The van der Waals surface area contributed by atoms with Gasteiger partial charge in [0.15, 0.2) is 19.7 Å². The molecule has 6 nitrogen and oxygen atoms in total. The van der Waals surface area contributed by atoms with Crippen molar-refractivity contribution in [1.29, 1.82) is 0 Å². The summed E-state index contributed by atoms with van der Waals surface area (Å²) in [5.74, 6) is -0.466. The molecule has 1 heterocycles. The standard InChI is InChI=1S/C20H24FNO5S2/c1-14-10-17(6-7-18(14)21)29(25,26)20-13-28(23,24)12-19(20)22-9-8-15-4-3-5-16(11-15)27-2/h3-7,10-11,19-20,22H,8-9,12-13H2,1-2H3/t19-,20-/m0/s1. The summed E-state index contributed by atoms with van der Waals surface area (Å²) in [6.45, 7) is 1.89. The van der Waals surface area contributed by atoms with Crippen molar-refractivity contribution in [3.8, 4) is 5.75 Å². The maximum Gasteiger partial charge on any atom is 0.183 e. The minimum atomic E-state index is -3.93. The molecule has 1 N–H and O–H groups in total. The first-order chi connectivity index (χ1) is 13.6. The van der Waals surface area contributed by atoms with E-state index in [2.05, 4.69) is 5.32 Å². The summed E-state index contributed by atoms with van der Waals surface area (Å²) < 4.78 is 69.2. The molecule has 2 atom stereocenters. The lowest BCUT2D eigenvalue weighted by Crippen LogP contribution is -2.44. The number of halogens is 1. The van der Waals surface area contributed by atoms with E-state index in [1.807, 2.05) is 24.3 Å². The van der Waals surface area contributed by atoms with Gasteiger partial charge in [-0.25, -0.2) is 21.2 Å². The minimum Gasteiger partial charge on any atom is -0.497 e. The maximum atomic E-state index is 13.5. The zero-order chi connectivity index (χ0) is 21.2. The Morgan fingerprint density at radius 3 is 2.62 bits per heavy atom. The van der Waals surface area contributed by atoms with Crippen molar-refractivity contribution in [2.24, 2.45) is 0 Å². The molecule has 0 aliphatic carbocycles. The Morgan fingerprint density at radius 1 is 1.17 bits per heavy atom. The van der Waals surface area contributed by atoms with Crippen molar-refractivity contribution in [1.82, 2.24) is 5.32 Å². The van der Waals surface area contributed by atoms with Gasteiger partial charge in [0.25, 0.3) is 0 Å². The van der Waals surface area contributed by atoms with Crippen LogP contribution in [0.25, 0.3) is 0 Å². The molecule has 158 valence electrons. The number of methoxy groups -OCH3 is 1. The van der Waals surface area contributed by atoms with Crippen molar-refractivity contribution in [2.75, 3.05) is 25.2 Å². The van der Waals surface area contributed by atoms with Crippen LogP contribution in [-0.4, -0.2) is 53.3 Å². The second kappa shape index (κ2) is 8.41. The van der Waals surface area contributed by atoms with Crippen LogP contribution in [0.4, 0.5) is 4.39 Å². The fourth-order valence-electron chi connectivity index (χ4n) is 3.51. The Labute approximate surface area is 170 Å². The van der Waals surface area contributed by atoms with Gasteiger partial charge in [-0.1, -0.05) is 12.1 Å². The first kappa shape index (κ1) is 21.7. The van der Waals surface area contributed by atoms with Crippen LogP contribution in [0.5, 0.6) is 5.75 Å². The van der Waals surface area contributed by atoms with E-state index in [1.54, 1.807) is 7.11 Å². The third-order valence-corrected chi connectivity index (χ3v) is 9.26. The highest BCUT2D eigenvalue weighted by atomic mass is 32.2. The van der Waals surface area contributed by atoms with Crippen LogP contribution in [0, 0.1) is 12.7 Å². The van der Waals surface area contributed by atoms with Gasteiger partial charge in [0.1, 0.15) is 11.6 Å². The minimum absolute atomic E-state index is 0.0573. The zero-order valence-electron chi connectivity index (χ0n) is 16.3. The molecule has 1 saturated heterocycles. The van der Waals surface area contributed by atoms with Gasteiger partial charge in [-0.3, -0.25) is 0 Å². The third kappa shape index (κ3) is 4.96. The van der Waals surface area contributed by atoms with Gasteiger partial charge in [0.2, 0.25) is 0 Å². The van der Waals surface area contributed by atoms with E-state index < -0.39 is 42.5 Å². The summed E-state index contributed by atoms with van der Waals surface area (Å²) in [5, 5.41) is 1.99. The van der Waals surface area contributed by atoms with Crippen LogP contribution in [0.2, 0.25) is 0 Å². The van der Waals surface area contributed by atoms with Crippen LogP contribution < -0.4 is 10.1 Å². The highest BCUT2D eigenvalue weighted by molar-refractivity contribution is 7.96. The van der Waals surface area contributed by atoms with Crippen LogP contribution in [-0.2, 0) is 26.1 Å².